The van der Waals surface area contributed by atoms with E-state index in [2.05, 4.69) is 47.6 Å². The molecule has 3 rings (SSSR count). The van der Waals surface area contributed by atoms with E-state index >= 15 is 0 Å². The van der Waals surface area contributed by atoms with E-state index in [1.165, 1.54) is 0 Å². The summed E-state index contributed by atoms with van der Waals surface area (Å²) >= 11 is 0. The third-order valence-corrected chi connectivity index (χ3v) is 3.56. The molecule has 1 atom stereocenters. The van der Waals surface area contributed by atoms with E-state index in [1.807, 2.05) is 26.4 Å². The van der Waals surface area contributed by atoms with Crippen molar-refractivity contribution in [3.8, 4) is 0 Å². The average molecular weight is 266 g/mol. The summed E-state index contributed by atoms with van der Waals surface area (Å²) < 4.78 is 6.06. The molecule has 0 aliphatic carbocycles. The van der Waals surface area contributed by atoms with Crippen LogP contribution < -0.4 is 5.32 Å². The largest absolute Gasteiger partial charge is 0.459 e. The van der Waals surface area contributed by atoms with Crippen LogP contribution >= 0.6 is 0 Å². The molecule has 0 radical (unpaired) electrons. The first-order valence-electron chi connectivity index (χ1n) is 6.77. The van der Waals surface area contributed by atoms with Crippen LogP contribution in [-0.4, -0.2) is 12.0 Å². The van der Waals surface area contributed by atoms with Crippen molar-refractivity contribution in [3.63, 3.8) is 0 Å². The molecule has 1 unspecified atom stereocenters. The zero-order valence-corrected chi connectivity index (χ0v) is 12.0. The Morgan fingerprint density at radius 1 is 1.15 bits per heavy atom. The second-order valence-corrected chi connectivity index (χ2v) is 5.16. The van der Waals surface area contributed by atoms with E-state index in [4.69, 9.17) is 4.42 Å². The Kier molecular flexibility index (Phi) is 3.28. The third kappa shape index (κ3) is 2.21. The number of rotatable bonds is 3. The van der Waals surface area contributed by atoms with Crippen molar-refractivity contribution in [2.45, 2.75) is 19.9 Å². The Morgan fingerprint density at radius 3 is 2.70 bits per heavy atom. The molecule has 0 amide bonds. The van der Waals surface area contributed by atoms with Gasteiger partial charge in [-0.1, -0.05) is 24.3 Å². The lowest BCUT2D eigenvalue weighted by molar-refractivity contribution is 0.489. The average Bonchev–Trinajstić information content (AvgIpc) is 2.85. The molecule has 0 fully saturated rings. The van der Waals surface area contributed by atoms with E-state index in [1.54, 1.807) is 0 Å². The molecule has 0 bridgehead atoms. The summed E-state index contributed by atoms with van der Waals surface area (Å²) in [6.45, 7) is 4.12. The Hall–Kier alpha value is -2.13. The van der Waals surface area contributed by atoms with Gasteiger partial charge in [0.1, 0.15) is 11.3 Å². The molecule has 1 aromatic carbocycles. The van der Waals surface area contributed by atoms with Gasteiger partial charge in [-0.3, -0.25) is 4.98 Å². The van der Waals surface area contributed by atoms with Crippen molar-refractivity contribution in [2.24, 2.45) is 0 Å². The minimum atomic E-state index is 0.0224. The summed E-state index contributed by atoms with van der Waals surface area (Å²) in [4.78, 5) is 4.27. The molecule has 1 N–H and O–H groups in total. The molecule has 0 aliphatic rings. The van der Waals surface area contributed by atoms with Gasteiger partial charge in [0, 0.05) is 17.8 Å². The molecule has 20 heavy (non-hydrogen) atoms. The molecular weight excluding hydrogens is 248 g/mol. The highest BCUT2D eigenvalue weighted by molar-refractivity contribution is 5.81. The SMILES string of the molecule is CNC(c1cncc(C)c1)c1cc2cccc(C)c2o1. The van der Waals surface area contributed by atoms with E-state index in [0.29, 0.717) is 0 Å². The summed E-state index contributed by atoms with van der Waals surface area (Å²) in [5.41, 5.74) is 4.38. The van der Waals surface area contributed by atoms with Gasteiger partial charge in [-0.25, -0.2) is 0 Å². The molecule has 3 nitrogen and oxygen atoms in total. The molecule has 0 saturated carbocycles. The summed E-state index contributed by atoms with van der Waals surface area (Å²) in [7, 11) is 1.94. The minimum absolute atomic E-state index is 0.0224. The number of aryl methyl sites for hydroxylation is 2. The second kappa shape index (κ2) is 5.10. The Labute approximate surface area is 118 Å². The van der Waals surface area contributed by atoms with Crippen LogP contribution in [0.5, 0.6) is 0 Å². The van der Waals surface area contributed by atoms with Crippen molar-refractivity contribution in [3.05, 3.63) is 65.2 Å². The van der Waals surface area contributed by atoms with Crippen molar-refractivity contribution >= 4 is 11.0 Å². The van der Waals surface area contributed by atoms with Crippen molar-refractivity contribution in [2.75, 3.05) is 7.05 Å². The van der Waals surface area contributed by atoms with Gasteiger partial charge in [0.25, 0.3) is 0 Å². The molecule has 2 heterocycles. The topological polar surface area (TPSA) is 38.1 Å². The maximum absolute atomic E-state index is 6.06. The third-order valence-electron chi connectivity index (χ3n) is 3.56. The maximum Gasteiger partial charge on any atom is 0.137 e. The summed E-state index contributed by atoms with van der Waals surface area (Å²) in [5, 5.41) is 4.45. The lowest BCUT2D eigenvalue weighted by Crippen LogP contribution is -2.17. The lowest BCUT2D eigenvalue weighted by Gasteiger charge is -2.14. The predicted octanol–water partition coefficient (Wildman–Crippen LogP) is 3.75. The lowest BCUT2D eigenvalue weighted by atomic mass is 10.0. The first-order valence-corrected chi connectivity index (χ1v) is 6.77. The van der Waals surface area contributed by atoms with Gasteiger partial charge in [-0.2, -0.15) is 0 Å². The summed E-state index contributed by atoms with van der Waals surface area (Å²) in [6, 6.07) is 10.5. The van der Waals surface area contributed by atoms with Crippen LogP contribution in [0, 0.1) is 13.8 Å². The van der Waals surface area contributed by atoms with Crippen LogP contribution in [0.2, 0.25) is 0 Å². The van der Waals surface area contributed by atoms with Crippen molar-refractivity contribution in [1.29, 1.82) is 0 Å². The summed E-state index contributed by atoms with van der Waals surface area (Å²) in [6.07, 6.45) is 3.74. The van der Waals surface area contributed by atoms with Gasteiger partial charge in [0.15, 0.2) is 0 Å². The Morgan fingerprint density at radius 2 is 2.00 bits per heavy atom. The van der Waals surface area contributed by atoms with Gasteiger partial charge < -0.3 is 9.73 Å². The first kappa shape index (κ1) is 12.9. The highest BCUT2D eigenvalue weighted by Crippen LogP contribution is 2.29. The number of hydrogen-bond acceptors (Lipinski definition) is 3. The molecule has 0 spiro atoms. The smallest absolute Gasteiger partial charge is 0.137 e. The molecule has 3 aromatic rings. The number of hydrogen-bond donors (Lipinski definition) is 1. The summed E-state index contributed by atoms with van der Waals surface area (Å²) in [5.74, 6) is 0.921. The van der Waals surface area contributed by atoms with Crippen LogP contribution in [0.25, 0.3) is 11.0 Å². The number of nitrogens with one attached hydrogen (secondary N) is 1. The predicted molar refractivity (Wildman–Crippen MR) is 80.8 cm³/mol. The monoisotopic (exact) mass is 266 g/mol. The zero-order valence-electron chi connectivity index (χ0n) is 12.0. The van der Waals surface area contributed by atoms with Crippen LogP contribution in [0.3, 0.4) is 0 Å². The second-order valence-electron chi connectivity index (χ2n) is 5.16. The molecule has 0 aliphatic heterocycles. The quantitative estimate of drug-likeness (QED) is 0.784. The number of aromatic nitrogens is 1. The Bertz CT molecular complexity index is 746. The molecule has 102 valence electrons. The zero-order chi connectivity index (χ0) is 14.1. The maximum atomic E-state index is 6.06. The van der Waals surface area contributed by atoms with E-state index in [-0.39, 0.29) is 6.04 Å². The van der Waals surface area contributed by atoms with Crippen LogP contribution in [0.4, 0.5) is 0 Å². The number of nitrogens with zero attached hydrogens (tertiary/aromatic N) is 1. The molecule has 2 aromatic heterocycles. The van der Waals surface area contributed by atoms with Gasteiger partial charge in [-0.05, 0) is 43.7 Å². The van der Waals surface area contributed by atoms with E-state index in [9.17, 15) is 0 Å². The van der Waals surface area contributed by atoms with E-state index < -0.39 is 0 Å². The van der Waals surface area contributed by atoms with Gasteiger partial charge in [0.2, 0.25) is 0 Å². The van der Waals surface area contributed by atoms with Crippen molar-refractivity contribution in [1.82, 2.24) is 10.3 Å². The molecule has 0 saturated heterocycles. The van der Waals surface area contributed by atoms with Gasteiger partial charge >= 0.3 is 0 Å². The number of pyridine rings is 1. The van der Waals surface area contributed by atoms with Crippen LogP contribution in [0.15, 0.2) is 47.1 Å². The minimum Gasteiger partial charge on any atom is -0.459 e. The van der Waals surface area contributed by atoms with Crippen LogP contribution in [0.1, 0.15) is 28.5 Å². The van der Waals surface area contributed by atoms with Gasteiger partial charge in [-0.15, -0.1) is 0 Å². The Balaban J connectivity index is 2.09. The number of para-hydroxylation sites is 1. The number of fused-ring (bicyclic) bond motifs is 1. The highest BCUT2D eigenvalue weighted by Gasteiger charge is 2.17. The van der Waals surface area contributed by atoms with Crippen LogP contribution in [-0.2, 0) is 0 Å². The fraction of sp³-hybridized carbons (Fsp3) is 0.235. The first-order chi connectivity index (χ1) is 9.69. The van der Waals surface area contributed by atoms with Crippen molar-refractivity contribution < 1.29 is 4.42 Å². The van der Waals surface area contributed by atoms with E-state index in [0.717, 1.165) is 33.4 Å². The number of benzene rings is 1. The fourth-order valence-electron chi connectivity index (χ4n) is 2.58. The van der Waals surface area contributed by atoms with Gasteiger partial charge in [0.05, 0.1) is 6.04 Å². The standard InChI is InChI=1S/C17H18N2O/c1-11-7-14(10-19-9-11)16(18-3)15-8-13-6-4-5-12(2)17(13)20-15/h4-10,16,18H,1-3H3. The normalized spacial score (nSPS) is 12.8. The number of furan rings is 1. The fourth-order valence-corrected chi connectivity index (χ4v) is 2.58. The molecular formula is C17H18N2O. The highest BCUT2D eigenvalue weighted by atomic mass is 16.3. The molecule has 3 heteroatoms.